The molecule has 0 saturated heterocycles. The van der Waals surface area contributed by atoms with Crippen LogP contribution < -0.4 is 5.32 Å². The molecule has 0 fully saturated rings. The predicted molar refractivity (Wildman–Crippen MR) is 85.1 cm³/mol. The van der Waals surface area contributed by atoms with Crippen molar-refractivity contribution in [3.05, 3.63) is 35.4 Å². The van der Waals surface area contributed by atoms with Crippen LogP contribution in [0.2, 0.25) is 0 Å². The number of likely N-dealkylation sites (N-methyl/N-ethyl adjacent to an activating group) is 2. The normalized spacial score (nSPS) is 14.0. The zero-order valence-corrected chi connectivity index (χ0v) is 13.8. The predicted octanol–water partition coefficient (Wildman–Crippen LogP) is 3.83. The molecule has 0 bridgehead atoms. The van der Waals surface area contributed by atoms with E-state index in [4.69, 9.17) is 0 Å². The first kappa shape index (κ1) is 18.1. The molecule has 0 saturated carbocycles. The standard InChI is InChI=1S/C17H28F2N2/c1-6-20-15(11-21(5)12-16(18)19)13-7-9-14(10-8-13)17(2,3)4/h7-10,15-16,20H,6,11-12H2,1-5H3. The first-order valence-electron chi connectivity index (χ1n) is 7.54. The molecule has 1 unspecified atom stereocenters. The van der Waals surface area contributed by atoms with E-state index < -0.39 is 6.43 Å². The lowest BCUT2D eigenvalue weighted by molar-refractivity contribution is 0.0959. The van der Waals surface area contributed by atoms with Gasteiger partial charge in [-0.25, -0.2) is 8.78 Å². The molecule has 0 heterocycles. The summed E-state index contributed by atoms with van der Waals surface area (Å²) in [7, 11) is 1.74. The third-order valence-electron chi connectivity index (χ3n) is 3.57. The Hall–Kier alpha value is -1.00. The number of nitrogens with zero attached hydrogens (tertiary/aromatic N) is 1. The maximum atomic E-state index is 12.4. The highest BCUT2D eigenvalue weighted by Crippen LogP contribution is 2.24. The van der Waals surface area contributed by atoms with Crippen LogP contribution in [0.25, 0.3) is 0 Å². The molecule has 2 nitrogen and oxygen atoms in total. The van der Waals surface area contributed by atoms with Crippen LogP contribution in [0.3, 0.4) is 0 Å². The summed E-state index contributed by atoms with van der Waals surface area (Å²) in [6.45, 7) is 9.77. The van der Waals surface area contributed by atoms with Gasteiger partial charge in [0.05, 0.1) is 6.54 Å². The van der Waals surface area contributed by atoms with Crippen LogP contribution in [0.4, 0.5) is 8.78 Å². The van der Waals surface area contributed by atoms with E-state index in [1.807, 2.05) is 6.92 Å². The van der Waals surface area contributed by atoms with Crippen molar-refractivity contribution in [1.29, 1.82) is 0 Å². The number of nitrogens with one attached hydrogen (secondary N) is 1. The smallest absolute Gasteiger partial charge is 0.251 e. The number of hydrogen-bond donors (Lipinski definition) is 1. The highest BCUT2D eigenvalue weighted by atomic mass is 19.3. The zero-order valence-electron chi connectivity index (χ0n) is 13.8. The summed E-state index contributed by atoms with van der Waals surface area (Å²) in [4.78, 5) is 1.68. The van der Waals surface area contributed by atoms with Crippen molar-refractivity contribution < 1.29 is 8.78 Å². The summed E-state index contributed by atoms with van der Waals surface area (Å²) in [5, 5.41) is 3.37. The molecule has 0 radical (unpaired) electrons. The van der Waals surface area contributed by atoms with Gasteiger partial charge in [-0.15, -0.1) is 0 Å². The van der Waals surface area contributed by atoms with Crippen molar-refractivity contribution in [2.75, 3.05) is 26.7 Å². The average molecular weight is 298 g/mol. The van der Waals surface area contributed by atoms with Crippen LogP contribution in [0.5, 0.6) is 0 Å². The van der Waals surface area contributed by atoms with Gasteiger partial charge >= 0.3 is 0 Å². The molecule has 0 aliphatic carbocycles. The first-order valence-corrected chi connectivity index (χ1v) is 7.54. The fourth-order valence-corrected chi connectivity index (χ4v) is 2.37. The van der Waals surface area contributed by atoms with Crippen molar-refractivity contribution in [2.24, 2.45) is 0 Å². The molecule has 1 aromatic rings. The Morgan fingerprint density at radius 1 is 1.10 bits per heavy atom. The largest absolute Gasteiger partial charge is 0.309 e. The van der Waals surface area contributed by atoms with Gasteiger partial charge in [0.15, 0.2) is 0 Å². The van der Waals surface area contributed by atoms with Gasteiger partial charge in [0.1, 0.15) is 0 Å². The second kappa shape index (κ2) is 7.85. The van der Waals surface area contributed by atoms with Crippen LogP contribution in [-0.2, 0) is 5.41 Å². The Morgan fingerprint density at radius 3 is 2.10 bits per heavy atom. The second-order valence-corrected chi connectivity index (χ2v) is 6.59. The van der Waals surface area contributed by atoms with E-state index in [1.54, 1.807) is 11.9 Å². The molecule has 1 N–H and O–H groups in total. The molecule has 1 rings (SSSR count). The molecule has 21 heavy (non-hydrogen) atoms. The summed E-state index contributed by atoms with van der Waals surface area (Å²) < 4.78 is 24.9. The van der Waals surface area contributed by atoms with Crippen LogP contribution in [0.15, 0.2) is 24.3 Å². The third-order valence-corrected chi connectivity index (χ3v) is 3.57. The minimum atomic E-state index is -2.29. The lowest BCUT2D eigenvalue weighted by atomic mass is 9.86. The van der Waals surface area contributed by atoms with E-state index in [0.717, 1.165) is 12.1 Å². The monoisotopic (exact) mass is 298 g/mol. The molecule has 0 aromatic heterocycles. The second-order valence-electron chi connectivity index (χ2n) is 6.59. The number of benzene rings is 1. The van der Waals surface area contributed by atoms with Crippen molar-refractivity contribution in [2.45, 2.75) is 45.6 Å². The Labute approximate surface area is 127 Å². The number of halogens is 2. The zero-order chi connectivity index (χ0) is 16.0. The molecule has 1 atom stereocenters. The van der Waals surface area contributed by atoms with Gasteiger partial charge in [0.2, 0.25) is 0 Å². The minimum absolute atomic E-state index is 0.0766. The van der Waals surface area contributed by atoms with E-state index in [0.29, 0.717) is 6.54 Å². The highest BCUT2D eigenvalue weighted by Gasteiger charge is 2.17. The third kappa shape index (κ3) is 6.10. The highest BCUT2D eigenvalue weighted by molar-refractivity contribution is 5.29. The van der Waals surface area contributed by atoms with E-state index in [9.17, 15) is 8.78 Å². The summed E-state index contributed by atoms with van der Waals surface area (Å²) in [5.41, 5.74) is 2.55. The van der Waals surface area contributed by atoms with E-state index in [2.05, 4.69) is 50.4 Å². The van der Waals surface area contributed by atoms with Crippen molar-refractivity contribution in [3.63, 3.8) is 0 Å². The SMILES string of the molecule is CCNC(CN(C)CC(F)F)c1ccc(C(C)(C)C)cc1. The van der Waals surface area contributed by atoms with Crippen molar-refractivity contribution >= 4 is 0 Å². The quantitative estimate of drug-likeness (QED) is 0.823. The van der Waals surface area contributed by atoms with Gasteiger partial charge in [-0.1, -0.05) is 52.0 Å². The van der Waals surface area contributed by atoms with Gasteiger partial charge in [0, 0.05) is 12.6 Å². The van der Waals surface area contributed by atoms with Crippen molar-refractivity contribution in [3.8, 4) is 0 Å². The van der Waals surface area contributed by atoms with Crippen LogP contribution >= 0.6 is 0 Å². The van der Waals surface area contributed by atoms with Crippen molar-refractivity contribution in [1.82, 2.24) is 10.2 Å². The Kier molecular flexibility index (Phi) is 6.75. The van der Waals surface area contributed by atoms with E-state index >= 15 is 0 Å². The summed E-state index contributed by atoms with van der Waals surface area (Å²) in [6.07, 6.45) is -2.29. The molecule has 0 aliphatic rings. The first-order chi connectivity index (χ1) is 9.74. The molecule has 4 heteroatoms. The lowest BCUT2D eigenvalue weighted by Gasteiger charge is -2.26. The number of alkyl halides is 2. The number of rotatable bonds is 7. The fourth-order valence-electron chi connectivity index (χ4n) is 2.37. The molecular formula is C17H28F2N2. The maximum absolute atomic E-state index is 12.4. The van der Waals surface area contributed by atoms with Gasteiger partial charge in [-0.2, -0.15) is 0 Å². The lowest BCUT2D eigenvalue weighted by Crippen LogP contribution is -2.35. The van der Waals surface area contributed by atoms with Gasteiger partial charge in [-0.3, -0.25) is 4.90 Å². The minimum Gasteiger partial charge on any atom is -0.309 e. The molecule has 120 valence electrons. The summed E-state index contributed by atoms with van der Waals surface area (Å²) in [6, 6.07) is 8.54. The Morgan fingerprint density at radius 2 is 1.67 bits per heavy atom. The average Bonchev–Trinajstić information content (AvgIpc) is 2.36. The fraction of sp³-hybridized carbons (Fsp3) is 0.647. The summed E-state index contributed by atoms with van der Waals surface area (Å²) in [5.74, 6) is 0. The Balaban J connectivity index is 2.80. The molecule has 0 amide bonds. The molecule has 0 aliphatic heterocycles. The van der Waals surface area contributed by atoms with Gasteiger partial charge in [-0.05, 0) is 30.1 Å². The van der Waals surface area contributed by atoms with Crippen LogP contribution in [0.1, 0.15) is 44.9 Å². The van der Waals surface area contributed by atoms with Crippen LogP contribution in [0, 0.1) is 0 Å². The summed E-state index contributed by atoms with van der Waals surface area (Å²) >= 11 is 0. The Bertz CT molecular complexity index is 410. The van der Waals surface area contributed by atoms with E-state index in [-0.39, 0.29) is 18.0 Å². The van der Waals surface area contributed by atoms with Crippen LogP contribution in [-0.4, -0.2) is 38.0 Å². The van der Waals surface area contributed by atoms with E-state index in [1.165, 1.54) is 5.56 Å². The molecule has 0 spiro atoms. The maximum Gasteiger partial charge on any atom is 0.251 e. The van der Waals surface area contributed by atoms with Gasteiger partial charge in [0.25, 0.3) is 6.43 Å². The topological polar surface area (TPSA) is 15.3 Å². The molecule has 1 aromatic carbocycles. The molecular weight excluding hydrogens is 270 g/mol. The van der Waals surface area contributed by atoms with Gasteiger partial charge < -0.3 is 5.32 Å². The number of hydrogen-bond acceptors (Lipinski definition) is 2.